The monoisotopic (exact) mass is 260 g/mol. The zero-order valence-electron chi connectivity index (χ0n) is 11.8. The molecule has 0 spiro atoms. The van der Waals surface area contributed by atoms with E-state index >= 15 is 0 Å². The number of ether oxygens (including phenoxy) is 1. The van der Waals surface area contributed by atoms with Crippen LogP contribution in [-0.4, -0.2) is 12.4 Å². The van der Waals surface area contributed by atoms with Crippen LogP contribution in [0.3, 0.4) is 0 Å². The highest BCUT2D eigenvalue weighted by Gasteiger charge is 2.19. The number of unbranched alkanes of at least 4 members (excludes halogenated alkanes) is 3. The van der Waals surface area contributed by atoms with Crippen molar-refractivity contribution in [3.05, 3.63) is 48.6 Å². The van der Waals surface area contributed by atoms with Crippen LogP contribution in [0.15, 0.2) is 43.0 Å². The molecule has 1 rings (SSSR count). The number of carbonyl (C=O) groups is 1. The molecule has 0 N–H and O–H groups in total. The normalized spacial score (nSPS) is 12.1. The molecule has 1 atom stereocenters. The van der Waals surface area contributed by atoms with Crippen molar-refractivity contribution in [3.63, 3.8) is 0 Å². The number of allylic oxidation sites excluding steroid dienone is 1. The minimum atomic E-state index is -0.398. The minimum absolute atomic E-state index is 0.187. The highest BCUT2D eigenvalue weighted by Crippen LogP contribution is 2.21. The van der Waals surface area contributed by atoms with E-state index in [1.807, 2.05) is 43.3 Å². The molecule has 0 aromatic heterocycles. The third-order valence-electron chi connectivity index (χ3n) is 3.06. The van der Waals surface area contributed by atoms with Gasteiger partial charge in [-0.05, 0) is 31.7 Å². The van der Waals surface area contributed by atoms with Crippen molar-refractivity contribution >= 4 is 5.78 Å². The molecule has 0 saturated carbocycles. The smallest absolute Gasteiger partial charge is 0.166 e. The summed E-state index contributed by atoms with van der Waals surface area (Å²) in [5, 5.41) is 0. The molecule has 0 amide bonds. The van der Waals surface area contributed by atoms with E-state index in [0.29, 0.717) is 13.0 Å². The Bertz CT molecular complexity index is 370. The molecule has 2 nitrogen and oxygen atoms in total. The van der Waals surface area contributed by atoms with Gasteiger partial charge in [-0.25, -0.2) is 0 Å². The molecule has 2 heteroatoms. The molecule has 104 valence electrons. The number of Topliss-reactive ketones (excluding diaryl/α,β-unsaturated/α-hetero) is 1. The summed E-state index contributed by atoms with van der Waals surface area (Å²) in [5.41, 5.74) is 0.959. The van der Waals surface area contributed by atoms with E-state index in [2.05, 4.69) is 6.58 Å². The van der Waals surface area contributed by atoms with E-state index < -0.39 is 6.10 Å². The van der Waals surface area contributed by atoms with Crippen LogP contribution in [0.2, 0.25) is 0 Å². The number of ketones is 1. The van der Waals surface area contributed by atoms with Gasteiger partial charge in [0.25, 0.3) is 0 Å². The summed E-state index contributed by atoms with van der Waals surface area (Å²) in [7, 11) is 0. The first-order valence-electron chi connectivity index (χ1n) is 7.09. The van der Waals surface area contributed by atoms with E-state index in [9.17, 15) is 4.79 Å². The van der Waals surface area contributed by atoms with Crippen molar-refractivity contribution in [3.8, 4) is 0 Å². The maximum atomic E-state index is 12.2. The van der Waals surface area contributed by atoms with Crippen LogP contribution >= 0.6 is 0 Å². The van der Waals surface area contributed by atoms with Gasteiger partial charge in [0.05, 0.1) is 0 Å². The summed E-state index contributed by atoms with van der Waals surface area (Å²) in [6.45, 7) is 6.18. The number of hydrogen-bond acceptors (Lipinski definition) is 2. The number of rotatable bonds is 10. The Hall–Kier alpha value is -1.41. The van der Waals surface area contributed by atoms with Gasteiger partial charge < -0.3 is 4.74 Å². The van der Waals surface area contributed by atoms with Crippen molar-refractivity contribution in [2.75, 3.05) is 6.61 Å². The van der Waals surface area contributed by atoms with Crippen LogP contribution in [0.5, 0.6) is 0 Å². The van der Waals surface area contributed by atoms with Gasteiger partial charge in [-0.2, -0.15) is 0 Å². The molecule has 1 aromatic carbocycles. The number of benzene rings is 1. The number of carbonyl (C=O) groups excluding carboxylic acids is 1. The summed E-state index contributed by atoms with van der Waals surface area (Å²) in [6, 6.07) is 9.75. The van der Waals surface area contributed by atoms with Gasteiger partial charge in [0.1, 0.15) is 6.10 Å². The standard InChI is InChI=1S/C17H24O2/c1-3-5-6-7-11-14-16(18)17(19-4-2)15-12-9-8-10-13-15/h3,8-10,12-13,17H,1,4-7,11,14H2,2H3. The summed E-state index contributed by atoms with van der Waals surface area (Å²) in [6.07, 6.45) is 6.27. The second-order valence-corrected chi connectivity index (χ2v) is 4.60. The van der Waals surface area contributed by atoms with Gasteiger partial charge in [-0.3, -0.25) is 4.79 Å². The van der Waals surface area contributed by atoms with E-state index in [-0.39, 0.29) is 5.78 Å². The second kappa shape index (κ2) is 9.51. The molecule has 1 aromatic rings. The number of hydrogen-bond donors (Lipinski definition) is 0. The Morgan fingerprint density at radius 1 is 1.26 bits per heavy atom. The molecule has 0 aliphatic heterocycles. The molecule has 0 aliphatic carbocycles. The molecule has 0 saturated heterocycles. The van der Waals surface area contributed by atoms with Crippen LogP contribution in [0.4, 0.5) is 0 Å². The third kappa shape index (κ3) is 5.84. The van der Waals surface area contributed by atoms with Crippen LogP contribution in [0.25, 0.3) is 0 Å². The summed E-state index contributed by atoms with van der Waals surface area (Å²) in [4.78, 5) is 12.2. The molecule has 0 fully saturated rings. The Kier molecular flexibility index (Phi) is 7.83. The average molecular weight is 260 g/mol. The first-order chi connectivity index (χ1) is 9.29. The van der Waals surface area contributed by atoms with E-state index in [1.54, 1.807) is 0 Å². The molecule has 0 bridgehead atoms. The molecule has 19 heavy (non-hydrogen) atoms. The second-order valence-electron chi connectivity index (χ2n) is 4.60. The van der Waals surface area contributed by atoms with Gasteiger partial charge in [0.15, 0.2) is 5.78 Å². The zero-order valence-corrected chi connectivity index (χ0v) is 11.8. The first kappa shape index (κ1) is 15.6. The lowest BCUT2D eigenvalue weighted by Crippen LogP contribution is -2.16. The Balaban J connectivity index is 2.47. The summed E-state index contributed by atoms with van der Waals surface area (Å²) >= 11 is 0. The molecule has 0 aliphatic rings. The predicted molar refractivity (Wildman–Crippen MR) is 79.1 cm³/mol. The quantitative estimate of drug-likeness (QED) is 0.458. The molecule has 0 radical (unpaired) electrons. The largest absolute Gasteiger partial charge is 0.366 e. The van der Waals surface area contributed by atoms with E-state index in [1.165, 1.54) is 0 Å². The van der Waals surface area contributed by atoms with Crippen LogP contribution < -0.4 is 0 Å². The predicted octanol–water partition coefficient (Wildman–Crippen LogP) is 4.47. The van der Waals surface area contributed by atoms with Gasteiger partial charge in [-0.15, -0.1) is 6.58 Å². The van der Waals surface area contributed by atoms with Gasteiger partial charge >= 0.3 is 0 Å². The topological polar surface area (TPSA) is 26.3 Å². The first-order valence-corrected chi connectivity index (χ1v) is 7.09. The summed E-state index contributed by atoms with van der Waals surface area (Å²) < 4.78 is 5.60. The van der Waals surface area contributed by atoms with Crippen LogP contribution in [0.1, 0.15) is 50.7 Å². The highest BCUT2D eigenvalue weighted by atomic mass is 16.5. The lowest BCUT2D eigenvalue weighted by molar-refractivity contribution is -0.130. The van der Waals surface area contributed by atoms with Crippen molar-refractivity contribution in [2.45, 2.75) is 45.1 Å². The average Bonchev–Trinajstić information content (AvgIpc) is 2.45. The van der Waals surface area contributed by atoms with Crippen LogP contribution in [-0.2, 0) is 9.53 Å². The van der Waals surface area contributed by atoms with Gasteiger partial charge in [0, 0.05) is 13.0 Å². The van der Waals surface area contributed by atoms with Gasteiger partial charge in [0.2, 0.25) is 0 Å². The molecule has 0 heterocycles. The summed E-state index contributed by atoms with van der Waals surface area (Å²) in [5.74, 6) is 0.187. The SMILES string of the molecule is C=CCCCCCC(=O)C(OCC)c1ccccc1. The molecular formula is C17H24O2. The fourth-order valence-corrected chi connectivity index (χ4v) is 2.07. The van der Waals surface area contributed by atoms with E-state index in [0.717, 1.165) is 31.2 Å². The highest BCUT2D eigenvalue weighted by molar-refractivity contribution is 5.84. The fourth-order valence-electron chi connectivity index (χ4n) is 2.07. The van der Waals surface area contributed by atoms with Crippen molar-refractivity contribution in [2.24, 2.45) is 0 Å². The molecular weight excluding hydrogens is 236 g/mol. The Morgan fingerprint density at radius 3 is 2.63 bits per heavy atom. The maximum absolute atomic E-state index is 12.2. The van der Waals surface area contributed by atoms with Gasteiger partial charge in [-0.1, -0.05) is 42.8 Å². The zero-order chi connectivity index (χ0) is 13.9. The third-order valence-corrected chi connectivity index (χ3v) is 3.06. The fraction of sp³-hybridized carbons (Fsp3) is 0.471. The van der Waals surface area contributed by atoms with Crippen molar-refractivity contribution in [1.29, 1.82) is 0 Å². The lowest BCUT2D eigenvalue weighted by Gasteiger charge is -2.16. The Labute approximate surface area is 116 Å². The van der Waals surface area contributed by atoms with Crippen LogP contribution in [0, 0.1) is 0 Å². The lowest BCUT2D eigenvalue weighted by atomic mass is 10.0. The maximum Gasteiger partial charge on any atom is 0.166 e. The van der Waals surface area contributed by atoms with Crippen molar-refractivity contribution < 1.29 is 9.53 Å². The van der Waals surface area contributed by atoms with Crippen molar-refractivity contribution in [1.82, 2.24) is 0 Å². The Morgan fingerprint density at radius 2 is 2.00 bits per heavy atom. The molecule has 1 unspecified atom stereocenters. The minimum Gasteiger partial charge on any atom is -0.366 e. The van der Waals surface area contributed by atoms with E-state index in [4.69, 9.17) is 4.74 Å².